The van der Waals surface area contributed by atoms with Crippen molar-refractivity contribution in [3.8, 4) is 6.07 Å². The number of carbonyl (C=O) groups excluding carboxylic acids is 1. The van der Waals surface area contributed by atoms with Crippen molar-refractivity contribution in [3.05, 3.63) is 0 Å². The quantitative estimate of drug-likeness (QED) is 0.507. The van der Waals surface area contributed by atoms with E-state index in [0.717, 1.165) is 12.8 Å². The van der Waals surface area contributed by atoms with Crippen molar-refractivity contribution in [1.29, 1.82) is 5.26 Å². The molecule has 0 aromatic rings. The molecule has 0 bridgehead atoms. The van der Waals surface area contributed by atoms with Crippen molar-refractivity contribution in [1.82, 2.24) is 0 Å². The van der Waals surface area contributed by atoms with Gasteiger partial charge in [-0.2, -0.15) is 5.26 Å². The van der Waals surface area contributed by atoms with Gasteiger partial charge in [0.2, 0.25) is 0 Å². The minimum absolute atomic E-state index is 0.0715. The molecule has 1 atom stereocenters. The van der Waals surface area contributed by atoms with Crippen LogP contribution in [0, 0.1) is 11.3 Å². The van der Waals surface area contributed by atoms with Crippen molar-refractivity contribution < 1.29 is 14.4 Å². The molecule has 0 aromatic heterocycles. The number of hydrogen-bond donors (Lipinski definition) is 0. The number of oxime groups is 1. The predicted octanol–water partition coefficient (Wildman–Crippen LogP) is 1.39. The molecule has 0 radical (unpaired) electrons. The average Bonchev–Trinajstić information content (AvgIpc) is 2.67. The smallest absolute Gasteiger partial charge is 0.356 e. The van der Waals surface area contributed by atoms with Gasteiger partial charge in [0, 0.05) is 12.8 Å². The van der Waals surface area contributed by atoms with Crippen LogP contribution in [0.15, 0.2) is 5.16 Å². The topological polar surface area (TPSA) is 71.7 Å². The summed E-state index contributed by atoms with van der Waals surface area (Å²) in [6.07, 6.45) is 2.45. The number of esters is 1. The molecule has 82 valence electrons. The van der Waals surface area contributed by atoms with Gasteiger partial charge >= 0.3 is 5.97 Å². The molecule has 0 saturated heterocycles. The second kappa shape index (κ2) is 6.02. The van der Waals surface area contributed by atoms with Crippen molar-refractivity contribution in [2.45, 2.75) is 38.7 Å². The summed E-state index contributed by atoms with van der Waals surface area (Å²) in [7, 11) is 0. The molecule has 1 aliphatic rings. The van der Waals surface area contributed by atoms with E-state index < -0.39 is 5.97 Å². The molecule has 0 N–H and O–H groups in total. The number of carbonyl (C=O) groups is 1. The number of nitriles is 1. The van der Waals surface area contributed by atoms with Gasteiger partial charge in [0.05, 0.1) is 12.7 Å². The fourth-order valence-corrected chi connectivity index (χ4v) is 1.33. The first-order valence-electron chi connectivity index (χ1n) is 5.04. The normalized spacial score (nSPS) is 18.9. The maximum atomic E-state index is 11.2. The van der Waals surface area contributed by atoms with Gasteiger partial charge in [0.1, 0.15) is 6.10 Å². The fourth-order valence-electron chi connectivity index (χ4n) is 1.33. The average molecular weight is 210 g/mol. The van der Waals surface area contributed by atoms with Crippen molar-refractivity contribution in [2.24, 2.45) is 5.16 Å². The Labute approximate surface area is 88.6 Å². The molecule has 5 nitrogen and oxygen atoms in total. The molecule has 0 amide bonds. The van der Waals surface area contributed by atoms with Crippen LogP contribution >= 0.6 is 0 Å². The molecular formula is C10H14N2O3. The molecule has 1 aliphatic heterocycles. The molecule has 1 unspecified atom stereocenters. The Balaban J connectivity index is 2.25. The zero-order valence-corrected chi connectivity index (χ0v) is 8.73. The number of rotatable bonds is 5. The van der Waals surface area contributed by atoms with Crippen molar-refractivity contribution >= 4 is 11.7 Å². The van der Waals surface area contributed by atoms with Crippen molar-refractivity contribution in [3.63, 3.8) is 0 Å². The standard InChI is InChI=1S/C10H14N2O3/c1-2-14-10(13)9-7-8(15-12-9)5-3-4-6-11/h8H,2-5,7H2,1H3. The van der Waals surface area contributed by atoms with E-state index in [1.807, 2.05) is 0 Å². The summed E-state index contributed by atoms with van der Waals surface area (Å²) in [5.41, 5.74) is 0.346. The van der Waals surface area contributed by atoms with Crippen LogP contribution in [0.25, 0.3) is 0 Å². The predicted molar refractivity (Wildman–Crippen MR) is 53.0 cm³/mol. The summed E-state index contributed by atoms with van der Waals surface area (Å²) < 4.78 is 4.80. The molecule has 0 aromatic carbocycles. The van der Waals surface area contributed by atoms with E-state index in [9.17, 15) is 4.79 Å². The van der Waals surface area contributed by atoms with Crippen LogP contribution in [0.1, 0.15) is 32.6 Å². The van der Waals surface area contributed by atoms with E-state index in [0.29, 0.717) is 25.2 Å². The molecule has 0 saturated carbocycles. The second-order valence-corrected chi connectivity index (χ2v) is 3.24. The number of nitrogens with zero attached hydrogens (tertiary/aromatic N) is 2. The molecule has 1 heterocycles. The minimum atomic E-state index is -0.403. The first-order valence-corrected chi connectivity index (χ1v) is 5.04. The number of hydrogen-bond acceptors (Lipinski definition) is 5. The Morgan fingerprint density at radius 1 is 1.80 bits per heavy atom. The molecule has 0 fully saturated rings. The third kappa shape index (κ3) is 3.58. The highest BCUT2D eigenvalue weighted by Crippen LogP contribution is 2.16. The van der Waals surface area contributed by atoms with Crippen LogP contribution in [0.3, 0.4) is 0 Å². The van der Waals surface area contributed by atoms with Gasteiger partial charge in [-0.3, -0.25) is 0 Å². The Morgan fingerprint density at radius 3 is 3.27 bits per heavy atom. The SMILES string of the molecule is CCOC(=O)C1=NOC(CCCC#N)C1. The van der Waals surface area contributed by atoms with Crippen LogP contribution in [0.5, 0.6) is 0 Å². The lowest BCUT2D eigenvalue weighted by molar-refractivity contribution is -0.135. The van der Waals surface area contributed by atoms with E-state index in [-0.39, 0.29) is 6.10 Å². The third-order valence-electron chi connectivity index (χ3n) is 2.06. The summed E-state index contributed by atoms with van der Waals surface area (Å²) in [6, 6.07) is 2.06. The van der Waals surface area contributed by atoms with Gasteiger partial charge in [-0.1, -0.05) is 5.16 Å². The molecular weight excluding hydrogens is 196 g/mol. The first kappa shape index (κ1) is 11.5. The maximum absolute atomic E-state index is 11.2. The van der Waals surface area contributed by atoms with E-state index in [4.69, 9.17) is 14.8 Å². The van der Waals surface area contributed by atoms with Crippen molar-refractivity contribution in [2.75, 3.05) is 6.61 Å². The molecule has 15 heavy (non-hydrogen) atoms. The highest BCUT2D eigenvalue weighted by Gasteiger charge is 2.26. The summed E-state index contributed by atoms with van der Waals surface area (Å²) in [4.78, 5) is 16.3. The van der Waals surface area contributed by atoms with Crippen LogP contribution in [0.2, 0.25) is 0 Å². The Hall–Kier alpha value is -1.57. The number of ether oxygens (including phenoxy) is 1. The largest absolute Gasteiger partial charge is 0.461 e. The maximum Gasteiger partial charge on any atom is 0.356 e. The third-order valence-corrected chi connectivity index (χ3v) is 2.06. The zero-order valence-electron chi connectivity index (χ0n) is 8.73. The number of unbranched alkanes of at least 4 members (excludes halogenated alkanes) is 1. The summed E-state index contributed by atoms with van der Waals surface area (Å²) >= 11 is 0. The Kier molecular flexibility index (Phi) is 4.61. The molecule has 5 heteroatoms. The monoisotopic (exact) mass is 210 g/mol. The summed E-state index contributed by atoms with van der Waals surface area (Å²) in [5, 5.41) is 12.0. The van der Waals surface area contributed by atoms with E-state index in [1.165, 1.54) is 0 Å². The molecule has 0 spiro atoms. The summed E-state index contributed by atoms with van der Waals surface area (Å²) in [6.45, 7) is 2.09. The van der Waals surface area contributed by atoms with Gasteiger partial charge in [0.15, 0.2) is 5.71 Å². The van der Waals surface area contributed by atoms with Crippen LogP contribution in [-0.4, -0.2) is 24.4 Å². The molecule has 0 aliphatic carbocycles. The highest BCUT2D eigenvalue weighted by atomic mass is 16.6. The lowest BCUT2D eigenvalue weighted by atomic mass is 10.1. The summed E-state index contributed by atoms with van der Waals surface area (Å²) in [5.74, 6) is -0.403. The first-order chi connectivity index (χ1) is 7.27. The lowest BCUT2D eigenvalue weighted by Crippen LogP contribution is -2.18. The van der Waals surface area contributed by atoms with E-state index >= 15 is 0 Å². The van der Waals surface area contributed by atoms with Crippen LogP contribution in [0.4, 0.5) is 0 Å². The van der Waals surface area contributed by atoms with Gasteiger partial charge in [-0.25, -0.2) is 4.79 Å². The van der Waals surface area contributed by atoms with Crippen LogP contribution < -0.4 is 0 Å². The zero-order chi connectivity index (χ0) is 11.1. The van der Waals surface area contributed by atoms with E-state index in [1.54, 1.807) is 6.92 Å². The van der Waals surface area contributed by atoms with Gasteiger partial charge in [0.25, 0.3) is 0 Å². The Morgan fingerprint density at radius 2 is 2.60 bits per heavy atom. The van der Waals surface area contributed by atoms with Gasteiger partial charge < -0.3 is 9.57 Å². The van der Waals surface area contributed by atoms with Crippen LogP contribution in [-0.2, 0) is 14.4 Å². The lowest BCUT2D eigenvalue weighted by Gasteiger charge is -2.04. The van der Waals surface area contributed by atoms with Gasteiger partial charge in [-0.15, -0.1) is 0 Å². The fraction of sp³-hybridized carbons (Fsp3) is 0.700. The van der Waals surface area contributed by atoms with E-state index in [2.05, 4.69) is 11.2 Å². The highest BCUT2D eigenvalue weighted by molar-refractivity contribution is 6.36. The minimum Gasteiger partial charge on any atom is -0.461 e. The van der Waals surface area contributed by atoms with Gasteiger partial charge in [-0.05, 0) is 19.8 Å². The molecule has 1 rings (SSSR count). The Bertz CT molecular complexity index is 294. The second-order valence-electron chi connectivity index (χ2n) is 3.24.